The molecule has 0 aliphatic rings. The van der Waals surface area contributed by atoms with Crippen LogP contribution in [0.5, 0.6) is 0 Å². The summed E-state index contributed by atoms with van der Waals surface area (Å²) < 4.78 is 2.08. The first kappa shape index (κ1) is 20.4. The molecule has 0 saturated heterocycles. The Morgan fingerprint density at radius 2 is 1.33 bits per heavy atom. The summed E-state index contributed by atoms with van der Waals surface area (Å²) in [5, 5.41) is 9.78. The standard InChI is InChI=1S/C26H27N3S/c1-26(2,3)23-16-14-22(15-17-23)24-27-28-25(29(24)4)30-18-19-10-12-21(13-11-19)20-8-6-5-7-9-20/h5-17H,18H2,1-4H3. The molecule has 0 spiro atoms. The van der Waals surface area contributed by atoms with Crippen LogP contribution in [0.15, 0.2) is 84.0 Å². The van der Waals surface area contributed by atoms with E-state index in [1.165, 1.54) is 22.3 Å². The second kappa shape index (κ2) is 8.49. The Hall–Kier alpha value is -2.85. The molecule has 152 valence electrons. The second-order valence-corrected chi connectivity index (χ2v) is 9.49. The summed E-state index contributed by atoms with van der Waals surface area (Å²) in [6.45, 7) is 6.68. The molecule has 0 N–H and O–H groups in total. The maximum Gasteiger partial charge on any atom is 0.191 e. The monoisotopic (exact) mass is 413 g/mol. The van der Waals surface area contributed by atoms with Crippen LogP contribution in [0, 0.1) is 0 Å². The van der Waals surface area contributed by atoms with Gasteiger partial charge in [0, 0.05) is 18.4 Å². The average Bonchev–Trinajstić information content (AvgIpc) is 3.13. The minimum absolute atomic E-state index is 0.148. The highest BCUT2D eigenvalue weighted by Gasteiger charge is 2.15. The molecule has 0 saturated carbocycles. The third-order valence-corrected chi connectivity index (χ3v) is 6.36. The molecule has 3 aromatic carbocycles. The molecule has 0 aliphatic carbocycles. The zero-order valence-electron chi connectivity index (χ0n) is 18.0. The van der Waals surface area contributed by atoms with Crippen molar-refractivity contribution >= 4 is 11.8 Å². The van der Waals surface area contributed by atoms with E-state index in [9.17, 15) is 0 Å². The molecule has 0 radical (unpaired) electrons. The summed E-state index contributed by atoms with van der Waals surface area (Å²) >= 11 is 1.71. The highest BCUT2D eigenvalue weighted by Crippen LogP contribution is 2.28. The summed E-state index contributed by atoms with van der Waals surface area (Å²) in [5.41, 5.74) is 6.32. The van der Waals surface area contributed by atoms with Gasteiger partial charge in [-0.1, -0.05) is 111 Å². The van der Waals surface area contributed by atoms with E-state index >= 15 is 0 Å². The van der Waals surface area contributed by atoms with Crippen LogP contribution in [0.3, 0.4) is 0 Å². The van der Waals surface area contributed by atoms with E-state index in [1.807, 2.05) is 13.1 Å². The molecule has 3 nitrogen and oxygen atoms in total. The number of thioether (sulfide) groups is 1. The second-order valence-electron chi connectivity index (χ2n) is 8.54. The summed E-state index contributed by atoms with van der Waals surface area (Å²) in [6.07, 6.45) is 0. The van der Waals surface area contributed by atoms with Gasteiger partial charge in [-0.15, -0.1) is 10.2 Å². The lowest BCUT2D eigenvalue weighted by Gasteiger charge is -2.19. The van der Waals surface area contributed by atoms with Gasteiger partial charge in [0.15, 0.2) is 11.0 Å². The molecule has 30 heavy (non-hydrogen) atoms. The van der Waals surface area contributed by atoms with Gasteiger partial charge < -0.3 is 4.57 Å². The molecule has 4 heteroatoms. The third kappa shape index (κ3) is 4.49. The van der Waals surface area contributed by atoms with Crippen LogP contribution in [0.25, 0.3) is 22.5 Å². The molecule has 1 aromatic heterocycles. The van der Waals surface area contributed by atoms with Gasteiger partial charge in [-0.25, -0.2) is 0 Å². The fourth-order valence-corrected chi connectivity index (χ4v) is 4.25. The Balaban J connectivity index is 1.44. The van der Waals surface area contributed by atoms with Gasteiger partial charge >= 0.3 is 0 Å². The summed E-state index contributed by atoms with van der Waals surface area (Å²) in [4.78, 5) is 0. The number of rotatable bonds is 5. The maximum absolute atomic E-state index is 4.44. The fraction of sp³-hybridized carbons (Fsp3) is 0.231. The van der Waals surface area contributed by atoms with Crippen molar-refractivity contribution in [3.05, 3.63) is 90.0 Å². The minimum atomic E-state index is 0.148. The van der Waals surface area contributed by atoms with Crippen molar-refractivity contribution < 1.29 is 0 Å². The Kier molecular flexibility index (Phi) is 5.78. The van der Waals surface area contributed by atoms with Crippen molar-refractivity contribution in [3.8, 4) is 22.5 Å². The number of hydrogen-bond acceptors (Lipinski definition) is 3. The topological polar surface area (TPSA) is 30.7 Å². The Morgan fingerprint density at radius 3 is 1.97 bits per heavy atom. The quantitative estimate of drug-likeness (QED) is 0.340. The molecule has 0 amide bonds. The van der Waals surface area contributed by atoms with E-state index in [2.05, 4.69) is 108 Å². The smallest absolute Gasteiger partial charge is 0.191 e. The van der Waals surface area contributed by atoms with Crippen LogP contribution in [-0.2, 0) is 18.2 Å². The molecule has 4 aromatic rings. The molecule has 0 aliphatic heterocycles. The highest BCUT2D eigenvalue weighted by molar-refractivity contribution is 7.98. The summed E-state index contributed by atoms with van der Waals surface area (Å²) in [5.74, 6) is 1.77. The Labute approximate surface area is 183 Å². The zero-order chi connectivity index (χ0) is 21.1. The van der Waals surface area contributed by atoms with Gasteiger partial charge in [0.25, 0.3) is 0 Å². The lowest BCUT2D eigenvalue weighted by Crippen LogP contribution is -2.10. The van der Waals surface area contributed by atoms with Gasteiger partial charge in [-0.2, -0.15) is 0 Å². The summed E-state index contributed by atoms with van der Waals surface area (Å²) in [6, 6.07) is 27.9. The van der Waals surface area contributed by atoms with Crippen LogP contribution in [0.2, 0.25) is 0 Å². The average molecular weight is 414 g/mol. The SMILES string of the molecule is Cn1c(SCc2ccc(-c3ccccc3)cc2)nnc1-c1ccc(C(C)(C)C)cc1. The van der Waals surface area contributed by atoms with Crippen LogP contribution in [0.4, 0.5) is 0 Å². The Bertz CT molecular complexity index is 1110. The van der Waals surface area contributed by atoms with Gasteiger partial charge in [0.05, 0.1) is 0 Å². The first-order chi connectivity index (χ1) is 14.4. The molecule has 0 bridgehead atoms. The predicted molar refractivity (Wildman–Crippen MR) is 127 cm³/mol. The third-order valence-electron chi connectivity index (χ3n) is 5.27. The number of nitrogens with zero attached hydrogens (tertiary/aromatic N) is 3. The molecule has 0 unspecified atom stereocenters. The minimum Gasteiger partial charge on any atom is -0.305 e. The molecule has 0 atom stereocenters. The fourth-order valence-electron chi connectivity index (χ4n) is 3.38. The van der Waals surface area contributed by atoms with Crippen LogP contribution in [0.1, 0.15) is 31.9 Å². The zero-order valence-corrected chi connectivity index (χ0v) is 18.8. The Morgan fingerprint density at radius 1 is 0.733 bits per heavy atom. The van der Waals surface area contributed by atoms with Gasteiger partial charge in [-0.3, -0.25) is 0 Å². The molecule has 0 fully saturated rings. The van der Waals surface area contributed by atoms with E-state index in [-0.39, 0.29) is 5.41 Å². The molecule has 1 heterocycles. The van der Waals surface area contributed by atoms with Crippen LogP contribution in [-0.4, -0.2) is 14.8 Å². The number of aromatic nitrogens is 3. The number of benzene rings is 3. The van der Waals surface area contributed by atoms with E-state index in [1.54, 1.807) is 11.8 Å². The first-order valence-electron chi connectivity index (χ1n) is 10.2. The van der Waals surface area contributed by atoms with E-state index in [0.717, 1.165) is 22.3 Å². The van der Waals surface area contributed by atoms with Crippen molar-refractivity contribution in [1.29, 1.82) is 0 Å². The van der Waals surface area contributed by atoms with Gasteiger partial charge in [0.1, 0.15) is 0 Å². The van der Waals surface area contributed by atoms with Crippen molar-refractivity contribution in [2.24, 2.45) is 7.05 Å². The van der Waals surface area contributed by atoms with Crippen molar-refractivity contribution in [2.75, 3.05) is 0 Å². The van der Waals surface area contributed by atoms with E-state index in [4.69, 9.17) is 0 Å². The van der Waals surface area contributed by atoms with E-state index < -0.39 is 0 Å². The first-order valence-corrected chi connectivity index (χ1v) is 11.2. The van der Waals surface area contributed by atoms with Gasteiger partial charge in [-0.05, 0) is 27.7 Å². The number of hydrogen-bond donors (Lipinski definition) is 0. The molecule has 4 rings (SSSR count). The molecular formula is C26H27N3S. The van der Waals surface area contributed by atoms with Crippen molar-refractivity contribution in [1.82, 2.24) is 14.8 Å². The van der Waals surface area contributed by atoms with Crippen molar-refractivity contribution in [3.63, 3.8) is 0 Å². The van der Waals surface area contributed by atoms with Crippen LogP contribution < -0.4 is 0 Å². The maximum atomic E-state index is 4.44. The lowest BCUT2D eigenvalue weighted by molar-refractivity contribution is 0.590. The van der Waals surface area contributed by atoms with E-state index in [0.29, 0.717) is 0 Å². The van der Waals surface area contributed by atoms with Crippen LogP contribution >= 0.6 is 11.8 Å². The lowest BCUT2D eigenvalue weighted by atomic mass is 9.87. The van der Waals surface area contributed by atoms with Crippen molar-refractivity contribution in [2.45, 2.75) is 37.1 Å². The predicted octanol–water partition coefficient (Wildman–Crippen LogP) is 6.74. The largest absolute Gasteiger partial charge is 0.305 e. The normalized spacial score (nSPS) is 11.6. The molecular weight excluding hydrogens is 386 g/mol. The van der Waals surface area contributed by atoms with Gasteiger partial charge in [0.2, 0.25) is 0 Å². The summed E-state index contributed by atoms with van der Waals surface area (Å²) in [7, 11) is 2.04. The highest BCUT2D eigenvalue weighted by atomic mass is 32.2.